The number of ether oxygens (including phenoxy) is 1. The summed E-state index contributed by atoms with van der Waals surface area (Å²) in [4.78, 5) is 24.2. The molecular formula is C14H26N4O3. The van der Waals surface area contributed by atoms with Gasteiger partial charge >= 0.3 is 5.69 Å². The van der Waals surface area contributed by atoms with Crippen LogP contribution < -0.4 is 22.3 Å². The first-order valence-electron chi connectivity index (χ1n) is 7.36. The quantitative estimate of drug-likeness (QED) is 0.657. The number of nitrogens with one attached hydrogen (secondary N) is 1. The van der Waals surface area contributed by atoms with E-state index < -0.39 is 0 Å². The SMILES string of the molecule is CCCCn1c(N)c(NCCCCOC)c(=O)n(C)c1=O. The maximum atomic E-state index is 12.1. The third kappa shape index (κ3) is 4.35. The van der Waals surface area contributed by atoms with Crippen molar-refractivity contribution >= 4 is 11.5 Å². The fourth-order valence-corrected chi connectivity index (χ4v) is 2.07. The van der Waals surface area contributed by atoms with Gasteiger partial charge in [0.1, 0.15) is 11.5 Å². The van der Waals surface area contributed by atoms with Gasteiger partial charge in [0.05, 0.1) is 0 Å². The van der Waals surface area contributed by atoms with E-state index in [9.17, 15) is 9.59 Å². The summed E-state index contributed by atoms with van der Waals surface area (Å²) in [5, 5.41) is 3.05. The average molecular weight is 298 g/mol. The largest absolute Gasteiger partial charge is 0.385 e. The van der Waals surface area contributed by atoms with E-state index in [0.717, 1.165) is 30.3 Å². The molecule has 0 amide bonds. The van der Waals surface area contributed by atoms with Crippen LogP contribution in [0.1, 0.15) is 32.6 Å². The van der Waals surface area contributed by atoms with Crippen molar-refractivity contribution in [3.8, 4) is 0 Å². The molecule has 1 rings (SSSR count). The highest BCUT2D eigenvalue weighted by molar-refractivity contribution is 5.60. The molecule has 0 saturated carbocycles. The number of nitrogen functional groups attached to an aromatic ring is 1. The predicted octanol–water partition coefficient (Wildman–Crippen LogP) is 0.768. The van der Waals surface area contributed by atoms with Crippen LogP contribution in [0.15, 0.2) is 9.59 Å². The molecule has 0 saturated heterocycles. The van der Waals surface area contributed by atoms with Crippen molar-refractivity contribution in [3.63, 3.8) is 0 Å². The monoisotopic (exact) mass is 298 g/mol. The van der Waals surface area contributed by atoms with Gasteiger partial charge in [-0.05, 0) is 19.3 Å². The zero-order chi connectivity index (χ0) is 15.8. The van der Waals surface area contributed by atoms with E-state index in [1.54, 1.807) is 7.11 Å². The van der Waals surface area contributed by atoms with Gasteiger partial charge < -0.3 is 15.8 Å². The molecule has 0 spiro atoms. The van der Waals surface area contributed by atoms with E-state index in [1.165, 1.54) is 11.6 Å². The Hall–Kier alpha value is -1.76. The second-order valence-corrected chi connectivity index (χ2v) is 5.04. The van der Waals surface area contributed by atoms with Crippen molar-refractivity contribution in [3.05, 3.63) is 20.8 Å². The molecule has 0 fully saturated rings. The number of hydrogen-bond donors (Lipinski definition) is 2. The molecule has 0 aliphatic carbocycles. The Kier molecular flexibility index (Phi) is 7.01. The van der Waals surface area contributed by atoms with Crippen LogP contribution in [-0.4, -0.2) is 29.4 Å². The maximum absolute atomic E-state index is 12.1. The zero-order valence-electron chi connectivity index (χ0n) is 13.1. The molecule has 0 aliphatic rings. The Morgan fingerprint density at radius 3 is 2.57 bits per heavy atom. The third-order valence-corrected chi connectivity index (χ3v) is 3.40. The highest BCUT2D eigenvalue weighted by Crippen LogP contribution is 2.11. The Labute approximate surface area is 124 Å². The normalized spacial score (nSPS) is 10.8. The number of anilines is 2. The van der Waals surface area contributed by atoms with Gasteiger partial charge in [-0.25, -0.2) is 4.79 Å². The van der Waals surface area contributed by atoms with Gasteiger partial charge in [-0.1, -0.05) is 13.3 Å². The lowest BCUT2D eigenvalue weighted by Gasteiger charge is -2.15. The molecule has 0 aliphatic heterocycles. The molecule has 1 heterocycles. The maximum Gasteiger partial charge on any atom is 0.332 e. The molecule has 0 atom stereocenters. The molecule has 3 N–H and O–H groups in total. The highest BCUT2D eigenvalue weighted by Gasteiger charge is 2.14. The van der Waals surface area contributed by atoms with Gasteiger partial charge in [0.25, 0.3) is 5.56 Å². The lowest BCUT2D eigenvalue weighted by molar-refractivity contribution is 0.194. The molecule has 0 aromatic carbocycles. The second kappa shape index (κ2) is 8.51. The minimum atomic E-state index is -0.378. The van der Waals surface area contributed by atoms with Crippen molar-refractivity contribution in [2.24, 2.45) is 7.05 Å². The third-order valence-electron chi connectivity index (χ3n) is 3.40. The standard InChI is InChI=1S/C14H26N4O3/c1-4-5-9-18-12(15)11(13(19)17(2)14(18)20)16-8-6-7-10-21-3/h16H,4-10,15H2,1-3H3. The fraction of sp³-hybridized carbons (Fsp3) is 0.714. The van der Waals surface area contributed by atoms with Crippen molar-refractivity contribution in [1.29, 1.82) is 0 Å². The molecule has 1 aromatic heterocycles. The summed E-state index contributed by atoms with van der Waals surface area (Å²) < 4.78 is 7.54. The van der Waals surface area contributed by atoms with E-state index in [2.05, 4.69) is 5.32 Å². The second-order valence-electron chi connectivity index (χ2n) is 5.04. The van der Waals surface area contributed by atoms with Crippen molar-refractivity contribution in [2.75, 3.05) is 31.3 Å². The first-order chi connectivity index (χ1) is 10.0. The van der Waals surface area contributed by atoms with Gasteiger partial charge in [0, 0.05) is 33.9 Å². The molecule has 0 bridgehead atoms. The Morgan fingerprint density at radius 1 is 1.24 bits per heavy atom. The van der Waals surface area contributed by atoms with E-state index >= 15 is 0 Å². The smallest absolute Gasteiger partial charge is 0.332 e. The van der Waals surface area contributed by atoms with Gasteiger partial charge in [0.15, 0.2) is 0 Å². The number of methoxy groups -OCH3 is 1. The zero-order valence-corrected chi connectivity index (χ0v) is 13.1. The molecule has 120 valence electrons. The van der Waals surface area contributed by atoms with Gasteiger partial charge in [-0.2, -0.15) is 0 Å². The molecule has 0 unspecified atom stereocenters. The first-order valence-corrected chi connectivity index (χ1v) is 7.36. The van der Waals surface area contributed by atoms with E-state index in [1.807, 2.05) is 6.92 Å². The Morgan fingerprint density at radius 2 is 1.95 bits per heavy atom. The summed E-state index contributed by atoms with van der Waals surface area (Å²) >= 11 is 0. The van der Waals surface area contributed by atoms with Crippen LogP contribution in [0.4, 0.5) is 11.5 Å². The van der Waals surface area contributed by atoms with Crippen LogP contribution in [0.3, 0.4) is 0 Å². The topological polar surface area (TPSA) is 91.3 Å². The number of nitrogens with two attached hydrogens (primary N) is 1. The van der Waals surface area contributed by atoms with Crippen molar-refractivity contribution in [1.82, 2.24) is 9.13 Å². The van der Waals surface area contributed by atoms with Gasteiger partial charge in [0.2, 0.25) is 0 Å². The molecule has 21 heavy (non-hydrogen) atoms. The van der Waals surface area contributed by atoms with Crippen LogP contribution in [0, 0.1) is 0 Å². The molecule has 7 heteroatoms. The predicted molar refractivity (Wildman–Crippen MR) is 84.9 cm³/mol. The highest BCUT2D eigenvalue weighted by atomic mass is 16.5. The van der Waals surface area contributed by atoms with E-state index in [0.29, 0.717) is 25.4 Å². The van der Waals surface area contributed by atoms with Crippen LogP contribution in [0.25, 0.3) is 0 Å². The van der Waals surface area contributed by atoms with E-state index in [4.69, 9.17) is 10.5 Å². The fourth-order valence-electron chi connectivity index (χ4n) is 2.07. The summed E-state index contributed by atoms with van der Waals surface area (Å²) in [6.07, 6.45) is 3.56. The lowest BCUT2D eigenvalue weighted by Crippen LogP contribution is -2.40. The summed E-state index contributed by atoms with van der Waals surface area (Å²) in [6, 6.07) is 0. The average Bonchev–Trinajstić information content (AvgIpc) is 2.48. The summed E-state index contributed by atoms with van der Waals surface area (Å²) in [5.74, 6) is 0.225. The van der Waals surface area contributed by atoms with Crippen LogP contribution >= 0.6 is 0 Å². The van der Waals surface area contributed by atoms with Crippen molar-refractivity contribution in [2.45, 2.75) is 39.2 Å². The summed E-state index contributed by atoms with van der Waals surface area (Å²) in [6.45, 7) is 3.87. The lowest BCUT2D eigenvalue weighted by atomic mass is 10.3. The Balaban J connectivity index is 2.94. The number of nitrogens with zero attached hydrogens (tertiary/aromatic N) is 2. The minimum absolute atomic E-state index is 0.225. The molecular weight excluding hydrogens is 272 g/mol. The number of aromatic nitrogens is 2. The van der Waals surface area contributed by atoms with Gasteiger partial charge in [-0.3, -0.25) is 13.9 Å². The van der Waals surface area contributed by atoms with Crippen molar-refractivity contribution < 1.29 is 4.74 Å². The molecule has 0 radical (unpaired) electrons. The number of unbranched alkanes of at least 4 members (excludes halogenated alkanes) is 2. The molecule has 1 aromatic rings. The van der Waals surface area contributed by atoms with Crippen LogP contribution in [-0.2, 0) is 18.3 Å². The molecule has 7 nitrogen and oxygen atoms in total. The number of rotatable bonds is 9. The van der Waals surface area contributed by atoms with Gasteiger partial charge in [-0.15, -0.1) is 0 Å². The Bertz CT molecular complexity index is 563. The minimum Gasteiger partial charge on any atom is -0.385 e. The summed E-state index contributed by atoms with van der Waals surface area (Å²) in [5.41, 5.74) is 5.57. The first kappa shape index (κ1) is 17.3. The number of hydrogen-bond acceptors (Lipinski definition) is 5. The van der Waals surface area contributed by atoms with Crippen LogP contribution in [0.2, 0.25) is 0 Å². The van der Waals surface area contributed by atoms with Crippen LogP contribution in [0.5, 0.6) is 0 Å². The van der Waals surface area contributed by atoms with E-state index in [-0.39, 0.29) is 17.1 Å². The summed E-state index contributed by atoms with van der Waals surface area (Å²) in [7, 11) is 3.13.